The van der Waals surface area contributed by atoms with Crippen molar-refractivity contribution in [3.05, 3.63) is 65.0 Å². The average Bonchev–Trinajstić information content (AvgIpc) is 3.03. The number of aliphatic hydroxyl groups excluding tert-OH is 1. The Morgan fingerprint density at radius 2 is 1.73 bits per heavy atom. The molecule has 1 aromatic heterocycles. The van der Waals surface area contributed by atoms with E-state index in [1.165, 1.54) is 11.3 Å². The number of thiophene rings is 1. The van der Waals surface area contributed by atoms with Crippen molar-refractivity contribution in [1.29, 1.82) is 0 Å². The van der Waals surface area contributed by atoms with Gasteiger partial charge in [0.15, 0.2) is 0 Å². The molecule has 0 spiro atoms. The van der Waals surface area contributed by atoms with E-state index in [2.05, 4.69) is 4.72 Å². The Hall–Kier alpha value is -1.94. The Bertz CT molecular complexity index is 1010. The summed E-state index contributed by atoms with van der Waals surface area (Å²) in [5.41, 5.74) is -0.332. The van der Waals surface area contributed by atoms with Gasteiger partial charge in [0.1, 0.15) is 0 Å². The second kappa shape index (κ2) is 6.99. The second-order valence-electron chi connectivity index (χ2n) is 5.58. The van der Waals surface area contributed by atoms with Crippen molar-refractivity contribution in [2.45, 2.75) is 17.2 Å². The first kappa shape index (κ1) is 18.8. The Balaban J connectivity index is 1.73. The van der Waals surface area contributed by atoms with Crippen molar-refractivity contribution in [2.75, 3.05) is 6.54 Å². The SMILES string of the molecule is O=S(=O)(NC[C@@H](O)c1csc2ccccc12)c1ccc(C(F)(F)F)cc1. The lowest BCUT2D eigenvalue weighted by atomic mass is 10.1. The molecule has 0 aliphatic heterocycles. The molecule has 0 aliphatic carbocycles. The van der Waals surface area contributed by atoms with Crippen molar-refractivity contribution in [3.63, 3.8) is 0 Å². The van der Waals surface area contributed by atoms with Crippen LogP contribution >= 0.6 is 11.3 Å². The summed E-state index contributed by atoms with van der Waals surface area (Å²) in [7, 11) is -4.04. The molecule has 0 amide bonds. The van der Waals surface area contributed by atoms with Crippen LogP contribution in [0.25, 0.3) is 10.1 Å². The number of aliphatic hydroxyl groups is 1. The molecule has 0 aliphatic rings. The van der Waals surface area contributed by atoms with Crippen LogP contribution < -0.4 is 4.72 Å². The number of rotatable bonds is 5. The van der Waals surface area contributed by atoms with Gasteiger partial charge in [-0.1, -0.05) is 18.2 Å². The third kappa shape index (κ3) is 3.90. The molecule has 0 saturated heterocycles. The largest absolute Gasteiger partial charge is 0.416 e. The van der Waals surface area contributed by atoms with E-state index in [1.807, 2.05) is 24.3 Å². The molecule has 0 saturated carbocycles. The molecule has 0 bridgehead atoms. The summed E-state index contributed by atoms with van der Waals surface area (Å²) >= 11 is 1.43. The zero-order chi connectivity index (χ0) is 18.9. The zero-order valence-corrected chi connectivity index (χ0v) is 14.8. The van der Waals surface area contributed by atoms with Crippen LogP contribution in [-0.2, 0) is 16.2 Å². The van der Waals surface area contributed by atoms with E-state index in [1.54, 1.807) is 5.38 Å². The molecule has 3 rings (SSSR count). The molecule has 138 valence electrons. The van der Waals surface area contributed by atoms with Crippen molar-refractivity contribution >= 4 is 31.4 Å². The van der Waals surface area contributed by atoms with Crippen LogP contribution in [0.5, 0.6) is 0 Å². The number of sulfonamides is 1. The van der Waals surface area contributed by atoms with Crippen LogP contribution in [0.3, 0.4) is 0 Å². The van der Waals surface area contributed by atoms with Crippen LogP contribution in [0.15, 0.2) is 58.8 Å². The van der Waals surface area contributed by atoms with E-state index in [0.717, 1.165) is 22.2 Å². The number of nitrogens with one attached hydrogen (secondary N) is 1. The molecule has 2 N–H and O–H groups in total. The number of hydrogen-bond acceptors (Lipinski definition) is 4. The summed E-state index contributed by atoms with van der Waals surface area (Å²) < 4.78 is 65.3. The molecule has 3 aromatic rings. The van der Waals surface area contributed by atoms with Gasteiger partial charge in [0.2, 0.25) is 10.0 Å². The maximum Gasteiger partial charge on any atom is 0.416 e. The van der Waals surface area contributed by atoms with Crippen LogP contribution in [0.4, 0.5) is 13.2 Å². The highest BCUT2D eigenvalue weighted by Crippen LogP contribution is 2.31. The summed E-state index contributed by atoms with van der Waals surface area (Å²) in [6, 6.07) is 10.6. The van der Waals surface area contributed by atoms with Gasteiger partial charge in [0, 0.05) is 16.8 Å². The van der Waals surface area contributed by atoms with Gasteiger partial charge >= 0.3 is 6.18 Å². The first-order chi connectivity index (χ1) is 12.2. The summed E-state index contributed by atoms with van der Waals surface area (Å²) in [4.78, 5) is -0.298. The first-order valence-electron chi connectivity index (χ1n) is 7.49. The monoisotopic (exact) mass is 401 g/mol. The Kier molecular flexibility index (Phi) is 5.07. The molecule has 0 fully saturated rings. The van der Waals surface area contributed by atoms with E-state index < -0.39 is 27.9 Å². The smallest absolute Gasteiger partial charge is 0.387 e. The minimum Gasteiger partial charge on any atom is -0.387 e. The van der Waals surface area contributed by atoms with Gasteiger partial charge in [-0.2, -0.15) is 13.2 Å². The Labute approximate surface area is 152 Å². The van der Waals surface area contributed by atoms with E-state index in [-0.39, 0.29) is 11.4 Å². The molecular formula is C17H14F3NO3S2. The van der Waals surface area contributed by atoms with Crippen LogP contribution in [0.1, 0.15) is 17.2 Å². The van der Waals surface area contributed by atoms with Crippen molar-refractivity contribution < 1.29 is 26.7 Å². The summed E-state index contributed by atoms with van der Waals surface area (Å²) in [6.07, 6.45) is -5.61. The van der Waals surface area contributed by atoms with Crippen LogP contribution in [0, 0.1) is 0 Å². The van der Waals surface area contributed by atoms with Crippen LogP contribution in [-0.4, -0.2) is 20.1 Å². The Morgan fingerprint density at radius 1 is 1.08 bits per heavy atom. The molecular weight excluding hydrogens is 387 g/mol. The van der Waals surface area contributed by atoms with E-state index in [9.17, 15) is 26.7 Å². The summed E-state index contributed by atoms with van der Waals surface area (Å²) in [5, 5.41) is 12.9. The lowest BCUT2D eigenvalue weighted by Gasteiger charge is -2.13. The number of halogens is 3. The minimum atomic E-state index is -4.54. The highest BCUT2D eigenvalue weighted by atomic mass is 32.2. The lowest BCUT2D eigenvalue weighted by molar-refractivity contribution is -0.137. The summed E-state index contributed by atoms with van der Waals surface area (Å²) in [5.74, 6) is 0. The standard InChI is InChI=1S/C17H14F3NO3S2/c18-17(19,20)11-5-7-12(8-6-11)26(23,24)21-9-15(22)14-10-25-16-4-2-1-3-13(14)16/h1-8,10,15,21-22H,9H2/t15-/m1/s1. The van der Waals surface area contributed by atoms with Crippen molar-refractivity contribution in [1.82, 2.24) is 4.72 Å². The molecule has 0 radical (unpaired) electrons. The fourth-order valence-electron chi connectivity index (χ4n) is 2.46. The van der Waals surface area contributed by atoms with Gasteiger partial charge in [0.05, 0.1) is 16.6 Å². The van der Waals surface area contributed by atoms with Crippen molar-refractivity contribution in [2.24, 2.45) is 0 Å². The first-order valence-corrected chi connectivity index (χ1v) is 9.86. The lowest BCUT2D eigenvalue weighted by Crippen LogP contribution is -2.28. The predicted molar refractivity (Wildman–Crippen MR) is 93.4 cm³/mol. The molecule has 1 heterocycles. The quantitative estimate of drug-likeness (QED) is 0.681. The molecule has 1 atom stereocenters. The highest BCUT2D eigenvalue weighted by Gasteiger charge is 2.30. The fourth-order valence-corrected chi connectivity index (χ4v) is 4.51. The number of hydrogen-bond donors (Lipinski definition) is 2. The van der Waals surface area contributed by atoms with Gasteiger partial charge in [-0.25, -0.2) is 13.1 Å². The highest BCUT2D eigenvalue weighted by molar-refractivity contribution is 7.89. The third-order valence-corrected chi connectivity index (χ3v) is 6.25. The molecule has 9 heteroatoms. The third-order valence-electron chi connectivity index (χ3n) is 3.83. The average molecular weight is 401 g/mol. The van der Waals surface area contributed by atoms with Gasteiger partial charge in [-0.05, 0) is 41.1 Å². The molecule has 4 nitrogen and oxygen atoms in total. The normalized spacial score (nSPS) is 13.8. The minimum absolute atomic E-state index is 0.288. The van der Waals surface area contributed by atoms with E-state index >= 15 is 0 Å². The molecule has 26 heavy (non-hydrogen) atoms. The van der Waals surface area contributed by atoms with Crippen LogP contribution in [0.2, 0.25) is 0 Å². The number of fused-ring (bicyclic) bond motifs is 1. The van der Waals surface area contributed by atoms with Gasteiger partial charge in [-0.3, -0.25) is 0 Å². The van der Waals surface area contributed by atoms with E-state index in [0.29, 0.717) is 17.7 Å². The molecule has 2 aromatic carbocycles. The summed E-state index contributed by atoms with van der Waals surface area (Å²) in [6.45, 7) is -0.288. The zero-order valence-electron chi connectivity index (χ0n) is 13.2. The predicted octanol–water partition coefficient (Wildman–Crippen LogP) is 3.93. The molecule has 0 unspecified atom stereocenters. The van der Waals surface area contributed by atoms with Gasteiger partial charge in [-0.15, -0.1) is 11.3 Å². The number of benzene rings is 2. The Morgan fingerprint density at radius 3 is 2.38 bits per heavy atom. The topological polar surface area (TPSA) is 66.4 Å². The van der Waals surface area contributed by atoms with Gasteiger partial charge in [0.25, 0.3) is 0 Å². The van der Waals surface area contributed by atoms with Crippen molar-refractivity contribution in [3.8, 4) is 0 Å². The van der Waals surface area contributed by atoms with E-state index in [4.69, 9.17) is 0 Å². The second-order valence-corrected chi connectivity index (χ2v) is 8.26. The maximum atomic E-state index is 12.6. The fraction of sp³-hybridized carbons (Fsp3) is 0.176. The van der Waals surface area contributed by atoms with Gasteiger partial charge < -0.3 is 5.11 Å². The maximum absolute atomic E-state index is 12.6. The number of alkyl halides is 3.